The predicted octanol–water partition coefficient (Wildman–Crippen LogP) is 1.69. The zero-order chi connectivity index (χ0) is 19.4. The smallest absolute Gasteiger partial charge is 0.267 e. The summed E-state index contributed by atoms with van der Waals surface area (Å²) in [5.74, 6) is 0.588. The van der Waals surface area contributed by atoms with E-state index in [1.165, 1.54) is 19.2 Å². The third-order valence-corrected chi connectivity index (χ3v) is 6.84. The molecule has 146 valence electrons. The van der Waals surface area contributed by atoms with Crippen molar-refractivity contribution in [3.05, 3.63) is 34.8 Å². The topological polar surface area (TPSA) is 101 Å². The number of hydrogen-bond acceptors (Lipinski definition) is 7. The van der Waals surface area contributed by atoms with E-state index in [-0.39, 0.29) is 23.3 Å². The van der Waals surface area contributed by atoms with Crippen LogP contribution in [0.15, 0.2) is 29.2 Å². The third kappa shape index (κ3) is 4.63. The van der Waals surface area contributed by atoms with Crippen LogP contribution in [0.5, 0.6) is 5.75 Å². The van der Waals surface area contributed by atoms with Gasteiger partial charge in [0.15, 0.2) is 0 Å². The molecule has 8 nitrogen and oxygen atoms in total. The molecule has 1 aliphatic heterocycles. The van der Waals surface area contributed by atoms with Gasteiger partial charge in [-0.2, -0.15) is 0 Å². The Labute approximate surface area is 162 Å². The number of benzene rings is 1. The van der Waals surface area contributed by atoms with E-state index >= 15 is 0 Å². The summed E-state index contributed by atoms with van der Waals surface area (Å²) >= 11 is 1.10. The van der Waals surface area contributed by atoms with Crippen molar-refractivity contribution in [1.29, 1.82) is 0 Å². The van der Waals surface area contributed by atoms with Crippen LogP contribution >= 0.6 is 11.5 Å². The summed E-state index contributed by atoms with van der Waals surface area (Å²) in [6.07, 6.45) is 1.71. The Morgan fingerprint density at radius 1 is 1.37 bits per heavy atom. The molecule has 0 spiro atoms. The van der Waals surface area contributed by atoms with Crippen LogP contribution in [-0.2, 0) is 10.0 Å². The maximum atomic E-state index is 12.6. The summed E-state index contributed by atoms with van der Waals surface area (Å²) in [5, 5.41) is 3.89. The van der Waals surface area contributed by atoms with Gasteiger partial charge >= 0.3 is 0 Å². The minimum absolute atomic E-state index is 0.0666. The minimum atomic E-state index is -3.60. The number of ether oxygens (including phenoxy) is 1. The van der Waals surface area contributed by atoms with Crippen LogP contribution in [-0.4, -0.2) is 55.6 Å². The van der Waals surface area contributed by atoms with Gasteiger partial charge < -0.3 is 9.64 Å². The molecule has 10 heteroatoms. The quantitative estimate of drug-likeness (QED) is 0.778. The molecule has 0 bridgehead atoms. The molecule has 1 aliphatic rings. The van der Waals surface area contributed by atoms with Gasteiger partial charge in [-0.3, -0.25) is 4.79 Å². The fourth-order valence-corrected chi connectivity index (χ4v) is 4.79. The van der Waals surface area contributed by atoms with Crippen molar-refractivity contribution in [2.45, 2.75) is 24.7 Å². The van der Waals surface area contributed by atoms with Crippen LogP contribution in [0.4, 0.5) is 0 Å². The van der Waals surface area contributed by atoms with Crippen molar-refractivity contribution in [2.24, 2.45) is 5.92 Å². The lowest BCUT2D eigenvalue weighted by Crippen LogP contribution is -2.43. The molecule has 1 unspecified atom stereocenters. The number of carbonyl (C=O) groups excluding carboxylic acids is 1. The van der Waals surface area contributed by atoms with Crippen molar-refractivity contribution in [3.63, 3.8) is 0 Å². The lowest BCUT2D eigenvalue weighted by molar-refractivity contribution is 0.0680. The maximum Gasteiger partial charge on any atom is 0.267 e. The lowest BCUT2D eigenvalue weighted by atomic mass is 9.98. The van der Waals surface area contributed by atoms with E-state index in [2.05, 4.69) is 14.3 Å². The van der Waals surface area contributed by atoms with Crippen molar-refractivity contribution in [1.82, 2.24) is 19.2 Å². The number of nitrogens with zero attached hydrogens (tertiary/aromatic N) is 3. The zero-order valence-corrected chi connectivity index (χ0v) is 16.8. The lowest BCUT2D eigenvalue weighted by Gasteiger charge is -2.32. The van der Waals surface area contributed by atoms with Gasteiger partial charge in [0.2, 0.25) is 10.0 Å². The molecule has 27 heavy (non-hydrogen) atoms. The van der Waals surface area contributed by atoms with E-state index in [0.29, 0.717) is 29.4 Å². The number of sulfonamides is 1. The standard InChI is InChI=1S/C17H22N4O4S2/c1-12-16(26-20-19-12)17(22)21-9-3-4-13(11-21)10-18-27(23,24)15-7-5-14(25-2)6-8-15/h5-8,13,18H,3-4,9-11H2,1-2H3. The Hall–Kier alpha value is -2.04. The van der Waals surface area contributed by atoms with Crippen LogP contribution < -0.4 is 9.46 Å². The molecule has 1 aromatic carbocycles. The van der Waals surface area contributed by atoms with Crippen LogP contribution in [0, 0.1) is 12.8 Å². The fraction of sp³-hybridized carbons (Fsp3) is 0.471. The van der Waals surface area contributed by atoms with Gasteiger partial charge in [-0.05, 0) is 61.5 Å². The first-order valence-electron chi connectivity index (χ1n) is 8.62. The fourth-order valence-electron chi connectivity index (χ4n) is 3.05. The highest BCUT2D eigenvalue weighted by Crippen LogP contribution is 2.21. The number of aromatic nitrogens is 2. The molecule has 0 aliphatic carbocycles. The van der Waals surface area contributed by atoms with Gasteiger partial charge in [0.25, 0.3) is 5.91 Å². The summed E-state index contributed by atoms with van der Waals surface area (Å²) in [7, 11) is -2.07. The van der Waals surface area contributed by atoms with Crippen molar-refractivity contribution >= 4 is 27.5 Å². The maximum absolute atomic E-state index is 12.6. The second-order valence-electron chi connectivity index (χ2n) is 6.47. The highest BCUT2D eigenvalue weighted by Gasteiger charge is 2.28. The van der Waals surface area contributed by atoms with Gasteiger partial charge in [-0.25, -0.2) is 13.1 Å². The molecule has 1 atom stereocenters. The molecule has 1 N–H and O–H groups in total. The van der Waals surface area contributed by atoms with E-state index in [1.807, 2.05) is 0 Å². The summed E-state index contributed by atoms with van der Waals surface area (Å²) in [5.41, 5.74) is 0.632. The van der Waals surface area contributed by atoms with Crippen LogP contribution in [0.2, 0.25) is 0 Å². The number of carbonyl (C=O) groups is 1. The van der Waals surface area contributed by atoms with Crippen LogP contribution in [0.1, 0.15) is 28.2 Å². The SMILES string of the molecule is COc1ccc(S(=O)(=O)NCC2CCCN(C(=O)c3snnc3C)C2)cc1. The molecule has 1 aromatic heterocycles. The number of hydrogen-bond donors (Lipinski definition) is 1. The number of rotatable bonds is 6. The highest BCUT2D eigenvalue weighted by atomic mass is 32.2. The van der Waals surface area contributed by atoms with E-state index in [9.17, 15) is 13.2 Å². The van der Waals surface area contributed by atoms with Crippen LogP contribution in [0.3, 0.4) is 0 Å². The largest absolute Gasteiger partial charge is 0.497 e. The van der Waals surface area contributed by atoms with E-state index in [4.69, 9.17) is 4.74 Å². The molecular formula is C17H22N4O4S2. The highest BCUT2D eigenvalue weighted by molar-refractivity contribution is 7.89. The average molecular weight is 411 g/mol. The summed E-state index contributed by atoms with van der Waals surface area (Å²) in [6, 6.07) is 6.25. The number of aryl methyl sites for hydroxylation is 1. The first-order valence-corrected chi connectivity index (χ1v) is 10.9. The van der Waals surface area contributed by atoms with Gasteiger partial charge in [-0.15, -0.1) is 5.10 Å². The molecule has 1 amide bonds. The molecule has 1 saturated heterocycles. The third-order valence-electron chi connectivity index (χ3n) is 4.58. The Bertz CT molecular complexity index is 896. The minimum Gasteiger partial charge on any atom is -0.497 e. The first kappa shape index (κ1) is 19.7. The molecule has 0 radical (unpaired) electrons. The molecule has 2 aromatic rings. The van der Waals surface area contributed by atoms with Crippen molar-refractivity contribution < 1.29 is 17.9 Å². The van der Waals surface area contributed by atoms with Crippen molar-refractivity contribution in [3.8, 4) is 5.75 Å². The molecular weight excluding hydrogens is 388 g/mol. The Balaban J connectivity index is 1.60. The van der Waals surface area contributed by atoms with E-state index < -0.39 is 10.0 Å². The number of amides is 1. The van der Waals surface area contributed by atoms with Gasteiger partial charge in [0.05, 0.1) is 17.7 Å². The van der Waals surface area contributed by atoms with Gasteiger partial charge in [-0.1, -0.05) is 4.49 Å². The molecule has 0 saturated carbocycles. The van der Waals surface area contributed by atoms with Gasteiger partial charge in [0, 0.05) is 19.6 Å². The summed E-state index contributed by atoms with van der Waals surface area (Å²) in [6.45, 7) is 3.23. The Morgan fingerprint density at radius 2 is 2.11 bits per heavy atom. The van der Waals surface area contributed by atoms with E-state index in [1.54, 1.807) is 24.0 Å². The zero-order valence-electron chi connectivity index (χ0n) is 15.2. The van der Waals surface area contributed by atoms with Gasteiger partial charge in [0.1, 0.15) is 10.6 Å². The Kier molecular flexibility index (Phi) is 6.08. The summed E-state index contributed by atoms with van der Waals surface area (Å²) in [4.78, 5) is 15.1. The first-order chi connectivity index (χ1) is 12.9. The monoisotopic (exact) mass is 410 g/mol. The second kappa shape index (κ2) is 8.32. The number of piperidine rings is 1. The normalized spacial score (nSPS) is 17.7. The van der Waals surface area contributed by atoms with Crippen molar-refractivity contribution in [2.75, 3.05) is 26.7 Å². The Morgan fingerprint density at radius 3 is 2.74 bits per heavy atom. The predicted molar refractivity (Wildman–Crippen MR) is 101 cm³/mol. The molecule has 2 heterocycles. The molecule has 1 fully saturated rings. The average Bonchev–Trinajstić information content (AvgIpc) is 3.12. The van der Waals surface area contributed by atoms with Crippen LogP contribution in [0.25, 0.3) is 0 Å². The number of nitrogens with one attached hydrogen (secondary N) is 1. The van der Waals surface area contributed by atoms with E-state index in [0.717, 1.165) is 24.4 Å². The second-order valence-corrected chi connectivity index (χ2v) is 9.00. The molecule has 3 rings (SSSR count). The number of likely N-dealkylation sites (tertiary alicyclic amines) is 1. The number of methoxy groups -OCH3 is 1. The summed E-state index contributed by atoms with van der Waals surface area (Å²) < 4.78 is 36.5.